The monoisotopic (exact) mass is 361 g/mol. The number of nitrogens with one attached hydrogen (secondary N) is 1. The lowest BCUT2D eigenvalue weighted by atomic mass is 9.92. The SMILES string of the molecule is C1CCCCCC(CCNC2CCCCCCC3CC3CC2)CCCC1. The second-order valence-corrected chi connectivity index (χ2v) is 10.0. The summed E-state index contributed by atoms with van der Waals surface area (Å²) in [6, 6.07) is 0.831. The van der Waals surface area contributed by atoms with E-state index in [0.29, 0.717) is 0 Å². The molecule has 3 saturated carbocycles. The second-order valence-electron chi connectivity index (χ2n) is 10.0. The lowest BCUT2D eigenvalue weighted by Gasteiger charge is -2.22. The third-order valence-electron chi connectivity index (χ3n) is 7.79. The average Bonchev–Trinajstić information content (AvgIpc) is 3.40. The average molecular weight is 362 g/mol. The summed E-state index contributed by atoms with van der Waals surface area (Å²) in [6.07, 6.45) is 29.9. The molecule has 3 rings (SSSR count). The van der Waals surface area contributed by atoms with Gasteiger partial charge in [0, 0.05) is 6.04 Å². The maximum Gasteiger partial charge on any atom is 0.00671 e. The molecule has 0 aliphatic heterocycles. The second kappa shape index (κ2) is 12.4. The van der Waals surface area contributed by atoms with Gasteiger partial charge in [-0.15, -0.1) is 0 Å². The van der Waals surface area contributed by atoms with Crippen molar-refractivity contribution in [3.8, 4) is 0 Å². The van der Waals surface area contributed by atoms with Gasteiger partial charge in [0.25, 0.3) is 0 Å². The molecular weight excluding hydrogens is 314 g/mol. The highest BCUT2D eigenvalue weighted by Gasteiger charge is 2.36. The zero-order valence-electron chi connectivity index (χ0n) is 17.7. The van der Waals surface area contributed by atoms with E-state index in [9.17, 15) is 0 Å². The molecule has 0 aromatic carbocycles. The third-order valence-corrected chi connectivity index (χ3v) is 7.79. The van der Waals surface area contributed by atoms with Crippen molar-refractivity contribution < 1.29 is 0 Å². The van der Waals surface area contributed by atoms with Crippen LogP contribution in [0.15, 0.2) is 0 Å². The Kier molecular flexibility index (Phi) is 9.89. The first-order valence-electron chi connectivity index (χ1n) is 12.6. The number of hydrogen-bond acceptors (Lipinski definition) is 1. The summed E-state index contributed by atoms with van der Waals surface area (Å²) in [6.45, 7) is 1.30. The van der Waals surface area contributed by atoms with Crippen LogP contribution in [0.3, 0.4) is 0 Å². The molecule has 1 heteroatoms. The summed E-state index contributed by atoms with van der Waals surface area (Å²) in [5, 5.41) is 4.02. The van der Waals surface area contributed by atoms with Crippen LogP contribution in [0.5, 0.6) is 0 Å². The zero-order valence-corrected chi connectivity index (χ0v) is 17.7. The van der Waals surface area contributed by atoms with Crippen LogP contribution in [0.4, 0.5) is 0 Å². The first-order chi connectivity index (χ1) is 12.9. The van der Waals surface area contributed by atoms with Crippen molar-refractivity contribution in [3.63, 3.8) is 0 Å². The molecule has 3 fully saturated rings. The smallest absolute Gasteiger partial charge is 0.00671 e. The van der Waals surface area contributed by atoms with Crippen LogP contribution in [-0.4, -0.2) is 12.6 Å². The molecule has 26 heavy (non-hydrogen) atoms. The first-order valence-corrected chi connectivity index (χ1v) is 12.6. The van der Waals surface area contributed by atoms with Gasteiger partial charge in [-0.1, -0.05) is 96.3 Å². The molecule has 0 aromatic rings. The van der Waals surface area contributed by atoms with E-state index in [1.54, 1.807) is 12.8 Å². The summed E-state index contributed by atoms with van der Waals surface area (Å²) in [7, 11) is 0. The van der Waals surface area contributed by atoms with Gasteiger partial charge in [-0.3, -0.25) is 0 Å². The van der Waals surface area contributed by atoms with Crippen LogP contribution in [0.25, 0.3) is 0 Å². The molecule has 0 heterocycles. The van der Waals surface area contributed by atoms with Crippen LogP contribution >= 0.6 is 0 Å². The molecule has 1 nitrogen and oxygen atoms in total. The van der Waals surface area contributed by atoms with Gasteiger partial charge in [0.2, 0.25) is 0 Å². The fraction of sp³-hybridized carbons (Fsp3) is 1.00. The van der Waals surface area contributed by atoms with Crippen LogP contribution < -0.4 is 5.32 Å². The Labute approximate surface area is 164 Å². The van der Waals surface area contributed by atoms with E-state index in [1.165, 1.54) is 122 Å². The molecule has 152 valence electrons. The van der Waals surface area contributed by atoms with Gasteiger partial charge in [0.15, 0.2) is 0 Å². The Morgan fingerprint density at radius 3 is 1.73 bits per heavy atom. The van der Waals surface area contributed by atoms with E-state index >= 15 is 0 Å². The lowest BCUT2D eigenvalue weighted by Crippen LogP contribution is -2.31. The molecule has 3 aliphatic carbocycles. The van der Waals surface area contributed by atoms with Crippen LogP contribution in [0.2, 0.25) is 0 Å². The van der Waals surface area contributed by atoms with Gasteiger partial charge in [-0.25, -0.2) is 0 Å². The summed E-state index contributed by atoms with van der Waals surface area (Å²) < 4.78 is 0. The summed E-state index contributed by atoms with van der Waals surface area (Å²) in [5.74, 6) is 3.25. The molecule has 3 aliphatic rings. The van der Waals surface area contributed by atoms with Gasteiger partial charge < -0.3 is 5.32 Å². The summed E-state index contributed by atoms with van der Waals surface area (Å²) in [5.41, 5.74) is 0. The predicted octanol–water partition coefficient (Wildman–Crippen LogP) is 7.64. The van der Waals surface area contributed by atoms with Gasteiger partial charge in [0.05, 0.1) is 0 Å². The largest absolute Gasteiger partial charge is 0.314 e. The third kappa shape index (κ3) is 8.32. The van der Waals surface area contributed by atoms with Gasteiger partial charge >= 0.3 is 0 Å². The highest BCUT2D eigenvalue weighted by atomic mass is 14.9. The minimum atomic E-state index is 0.831. The Hall–Kier alpha value is -0.0400. The molecule has 0 spiro atoms. The van der Waals surface area contributed by atoms with Crippen molar-refractivity contribution in [1.82, 2.24) is 5.32 Å². The Morgan fingerprint density at radius 2 is 1.04 bits per heavy atom. The minimum Gasteiger partial charge on any atom is -0.314 e. The Bertz CT molecular complexity index is 340. The topological polar surface area (TPSA) is 12.0 Å². The Morgan fingerprint density at radius 1 is 0.500 bits per heavy atom. The quantitative estimate of drug-likeness (QED) is 0.542. The predicted molar refractivity (Wildman–Crippen MR) is 115 cm³/mol. The van der Waals surface area contributed by atoms with Crippen molar-refractivity contribution in [2.45, 2.75) is 134 Å². The van der Waals surface area contributed by atoms with E-state index in [4.69, 9.17) is 0 Å². The molecular formula is C25H47N. The minimum absolute atomic E-state index is 0.831. The van der Waals surface area contributed by atoms with Crippen molar-refractivity contribution in [1.29, 1.82) is 0 Å². The maximum atomic E-state index is 4.02. The molecule has 0 bridgehead atoms. The molecule has 0 saturated heterocycles. The number of rotatable bonds is 4. The van der Waals surface area contributed by atoms with Crippen molar-refractivity contribution >= 4 is 0 Å². The highest BCUT2D eigenvalue weighted by molar-refractivity contribution is 4.87. The van der Waals surface area contributed by atoms with Crippen LogP contribution in [-0.2, 0) is 0 Å². The summed E-state index contributed by atoms with van der Waals surface area (Å²) >= 11 is 0. The molecule has 0 amide bonds. The number of fused-ring (bicyclic) bond motifs is 1. The number of hydrogen-bond donors (Lipinski definition) is 1. The van der Waals surface area contributed by atoms with Crippen molar-refractivity contribution in [3.05, 3.63) is 0 Å². The van der Waals surface area contributed by atoms with Gasteiger partial charge in [0.1, 0.15) is 0 Å². The summed E-state index contributed by atoms with van der Waals surface area (Å²) in [4.78, 5) is 0. The van der Waals surface area contributed by atoms with Crippen LogP contribution in [0, 0.1) is 17.8 Å². The molecule has 3 atom stereocenters. The van der Waals surface area contributed by atoms with Crippen LogP contribution in [0.1, 0.15) is 128 Å². The standard InChI is InChI=1S/C25H47N/c1-2-4-6-10-14-22(13-9-5-3-1)19-20-26-25-16-12-8-7-11-15-23-21-24(23)17-18-25/h22-26H,1-21H2. The van der Waals surface area contributed by atoms with Crippen molar-refractivity contribution in [2.24, 2.45) is 17.8 Å². The zero-order chi connectivity index (χ0) is 17.9. The van der Waals surface area contributed by atoms with Gasteiger partial charge in [-0.05, 0) is 56.4 Å². The molecule has 0 radical (unpaired) electrons. The van der Waals surface area contributed by atoms with Gasteiger partial charge in [-0.2, -0.15) is 0 Å². The highest BCUT2D eigenvalue weighted by Crippen LogP contribution is 2.46. The fourth-order valence-electron chi connectivity index (χ4n) is 5.78. The van der Waals surface area contributed by atoms with E-state index in [0.717, 1.165) is 23.8 Å². The molecule has 0 aromatic heterocycles. The van der Waals surface area contributed by atoms with E-state index in [-0.39, 0.29) is 0 Å². The van der Waals surface area contributed by atoms with Crippen molar-refractivity contribution in [2.75, 3.05) is 6.54 Å². The Balaban J connectivity index is 1.35. The molecule has 1 N–H and O–H groups in total. The van der Waals surface area contributed by atoms with E-state index in [2.05, 4.69) is 5.32 Å². The van der Waals surface area contributed by atoms with E-state index < -0.39 is 0 Å². The first kappa shape index (κ1) is 20.7. The normalized spacial score (nSPS) is 33.5. The maximum absolute atomic E-state index is 4.02. The lowest BCUT2D eigenvalue weighted by molar-refractivity contribution is 0.352. The molecule has 3 unspecified atom stereocenters. The fourth-order valence-corrected chi connectivity index (χ4v) is 5.78. The van der Waals surface area contributed by atoms with E-state index in [1.807, 2.05) is 0 Å².